The van der Waals surface area contributed by atoms with Crippen LogP contribution in [0.1, 0.15) is 23.6 Å². The van der Waals surface area contributed by atoms with Crippen molar-refractivity contribution in [1.29, 1.82) is 0 Å². The Hall–Kier alpha value is -2.07. The number of nitrogens with one attached hydrogen (secondary N) is 1. The first-order valence-electron chi connectivity index (χ1n) is 7.46. The Morgan fingerprint density at radius 2 is 2.36 bits per heavy atom. The van der Waals surface area contributed by atoms with Crippen LogP contribution in [0, 0.1) is 0 Å². The van der Waals surface area contributed by atoms with Crippen molar-refractivity contribution < 1.29 is 9.53 Å². The maximum atomic E-state index is 11.9. The number of ether oxygens (including phenoxy) is 1. The van der Waals surface area contributed by atoms with Gasteiger partial charge in [-0.3, -0.25) is 4.79 Å². The SMILES string of the molecule is CC(Cc1ccc2c(c1)CCO2)NC(=O)C=Cc1ccsc1. The maximum absolute atomic E-state index is 11.9. The van der Waals surface area contributed by atoms with E-state index in [0.717, 1.165) is 30.8 Å². The van der Waals surface area contributed by atoms with Crippen molar-refractivity contribution in [2.75, 3.05) is 6.61 Å². The molecule has 1 N–H and O–H groups in total. The smallest absolute Gasteiger partial charge is 0.244 e. The van der Waals surface area contributed by atoms with Crippen LogP contribution in [-0.2, 0) is 17.6 Å². The zero-order valence-electron chi connectivity index (χ0n) is 12.5. The molecule has 22 heavy (non-hydrogen) atoms. The highest BCUT2D eigenvalue weighted by atomic mass is 32.1. The lowest BCUT2D eigenvalue weighted by Gasteiger charge is -2.13. The fraction of sp³-hybridized carbons (Fsp3) is 0.278. The maximum Gasteiger partial charge on any atom is 0.244 e. The summed E-state index contributed by atoms with van der Waals surface area (Å²) >= 11 is 1.62. The van der Waals surface area contributed by atoms with E-state index in [0.29, 0.717) is 0 Å². The molecule has 0 fully saturated rings. The van der Waals surface area contributed by atoms with Crippen molar-refractivity contribution in [1.82, 2.24) is 5.32 Å². The van der Waals surface area contributed by atoms with E-state index in [9.17, 15) is 4.79 Å². The Morgan fingerprint density at radius 1 is 1.45 bits per heavy atom. The zero-order chi connectivity index (χ0) is 15.4. The van der Waals surface area contributed by atoms with Gasteiger partial charge in [0.25, 0.3) is 0 Å². The molecule has 1 unspecified atom stereocenters. The minimum absolute atomic E-state index is 0.0526. The molecular weight excluding hydrogens is 294 g/mol. The quantitative estimate of drug-likeness (QED) is 0.859. The summed E-state index contributed by atoms with van der Waals surface area (Å²) in [5.74, 6) is 0.947. The van der Waals surface area contributed by atoms with Gasteiger partial charge in [-0.2, -0.15) is 11.3 Å². The third-order valence-electron chi connectivity index (χ3n) is 3.65. The van der Waals surface area contributed by atoms with Gasteiger partial charge in [0.05, 0.1) is 6.61 Å². The number of thiophene rings is 1. The van der Waals surface area contributed by atoms with Crippen LogP contribution in [0.5, 0.6) is 5.75 Å². The van der Waals surface area contributed by atoms with Crippen molar-refractivity contribution in [3.05, 3.63) is 57.8 Å². The Bertz CT molecular complexity index is 676. The predicted molar refractivity (Wildman–Crippen MR) is 90.3 cm³/mol. The zero-order valence-corrected chi connectivity index (χ0v) is 13.4. The largest absolute Gasteiger partial charge is 0.493 e. The lowest BCUT2D eigenvalue weighted by Crippen LogP contribution is -2.32. The molecule has 1 atom stereocenters. The van der Waals surface area contributed by atoms with Crippen molar-refractivity contribution in [2.24, 2.45) is 0 Å². The van der Waals surface area contributed by atoms with Gasteiger partial charge in [-0.1, -0.05) is 12.1 Å². The van der Waals surface area contributed by atoms with Crippen LogP contribution in [0.2, 0.25) is 0 Å². The summed E-state index contributed by atoms with van der Waals surface area (Å²) < 4.78 is 5.51. The monoisotopic (exact) mass is 313 g/mol. The van der Waals surface area contributed by atoms with Gasteiger partial charge in [-0.25, -0.2) is 0 Å². The second-order valence-electron chi connectivity index (χ2n) is 5.54. The average Bonchev–Trinajstić information content (AvgIpc) is 3.15. The van der Waals surface area contributed by atoms with Crippen LogP contribution in [0.3, 0.4) is 0 Å². The lowest BCUT2D eigenvalue weighted by atomic mass is 10.0. The molecular formula is C18H19NO2S. The summed E-state index contributed by atoms with van der Waals surface area (Å²) in [6.07, 6.45) is 5.24. The molecule has 0 radical (unpaired) electrons. The van der Waals surface area contributed by atoms with Gasteiger partial charge in [-0.15, -0.1) is 0 Å². The van der Waals surface area contributed by atoms with Gasteiger partial charge in [0.2, 0.25) is 5.91 Å². The number of benzene rings is 1. The molecule has 0 bridgehead atoms. The molecule has 2 aromatic rings. The number of amides is 1. The Morgan fingerprint density at radius 3 is 3.18 bits per heavy atom. The minimum Gasteiger partial charge on any atom is -0.493 e. The molecule has 1 aliphatic heterocycles. The predicted octanol–water partition coefficient (Wildman–Crippen LogP) is 3.44. The molecule has 1 aromatic heterocycles. The van der Waals surface area contributed by atoms with E-state index >= 15 is 0 Å². The summed E-state index contributed by atoms with van der Waals surface area (Å²) in [5, 5.41) is 7.02. The number of rotatable bonds is 5. The van der Waals surface area contributed by atoms with Crippen molar-refractivity contribution >= 4 is 23.3 Å². The van der Waals surface area contributed by atoms with E-state index < -0.39 is 0 Å². The van der Waals surface area contributed by atoms with Gasteiger partial charge in [-0.05, 0) is 59.0 Å². The second-order valence-corrected chi connectivity index (χ2v) is 6.32. The van der Waals surface area contributed by atoms with E-state index in [1.807, 2.05) is 35.9 Å². The Kier molecular flexibility index (Phi) is 4.59. The summed E-state index contributed by atoms with van der Waals surface area (Å²) in [4.78, 5) is 11.9. The van der Waals surface area contributed by atoms with Gasteiger partial charge in [0, 0.05) is 18.5 Å². The van der Waals surface area contributed by atoms with Crippen LogP contribution in [0.25, 0.3) is 6.08 Å². The molecule has 3 nitrogen and oxygen atoms in total. The van der Waals surface area contributed by atoms with Gasteiger partial charge < -0.3 is 10.1 Å². The molecule has 0 saturated carbocycles. The van der Waals surface area contributed by atoms with E-state index in [4.69, 9.17) is 4.74 Å². The van der Waals surface area contributed by atoms with Crippen LogP contribution in [-0.4, -0.2) is 18.6 Å². The topological polar surface area (TPSA) is 38.3 Å². The fourth-order valence-electron chi connectivity index (χ4n) is 2.60. The Balaban J connectivity index is 1.53. The highest BCUT2D eigenvalue weighted by molar-refractivity contribution is 7.08. The molecule has 0 saturated heterocycles. The molecule has 1 aromatic carbocycles. The third kappa shape index (κ3) is 3.77. The molecule has 114 valence electrons. The van der Waals surface area contributed by atoms with Crippen LogP contribution in [0.4, 0.5) is 0 Å². The first kappa shape index (κ1) is 14.9. The molecule has 2 heterocycles. The molecule has 0 spiro atoms. The number of carbonyl (C=O) groups excluding carboxylic acids is 1. The lowest BCUT2D eigenvalue weighted by molar-refractivity contribution is -0.117. The number of hydrogen-bond donors (Lipinski definition) is 1. The summed E-state index contributed by atoms with van der Waals surface area (Å²) in [7, 11) is 0. The average molecular weight is 313 g/mol. The van der Waals surface area contributed by atoms with E-state index in [1.165, 1.54) is 11.1 Å². The first-order valence-corrected chi connectivity index (χ1v) is 8.40. The highest BCUT2D eigenvalue weighted by Crippen LogP contribution is 2.26. The molecule has 0 aliphatic carbocycles. The van der Waals surface area contributed by atoms with Crippen LogP contribution < -0.4 is 10.1 Å². The first-order chi connectivity index (χ1) is 10.7. The van der Waals surface area contributed by atoms with Crippen LogP contribution >= 0.6 is 11.3 Å². The van der Waals surface area contributed by atoms with Crippen molar-refractivity contribution in [2.45, 2.75) is 25.8 Å². The third-order valence-corrected chi connectivity index (χ3v) is 4.36. The molecule has 1 aliphatic rings. The number of fused-ring (bicyclic) bond motifs is 1. The van der Waals surface area contributed by atoms with Gasteiger partial charge in [0.1, 0.15) is 5.75 Å². The standard InChI is InChI=1S/C18H19NO2S/c1-13(19-18(20)5-3-14-7-9-22-12-14)10-15-2-4-17-16(11-15)6-8-21-17/h2-5,7,9,11-13H,6,8,10H2,1H3,(H,19,20). The minimum atomic E-state index is -0.0526. The summed E-state index contributed by atoms with van der Waals surface area (Å²) in [6, 6.07) is 8.38. The second kappa shape index (κ2) is 6.79. The number of hydrogen-bond acceptors (Lipinski definition) is 3. The van der Waals surface area contributed by atoms with Crippen molar-refractivity contribution in [3.63, 3.8) is 0 Å². The summed E-state index contributed by atoms with van der Waals surface area (Å²) in [6.45, 7) is 2.80. The van der Waals surface area contributed by atoms with E-state index in [2.05, 4.69) is 17.4 Å². The summed E-state index contributed by atoms with van der Waals surface area (Å²) in [5.41, 5.74) is 3.57. The van der Waals surface area contributed by atoms with E-state index in [1.54, 1.807) is 17.4 Å². The highest BCUT2D eigenvalue weighted by Gasteiger charge is 2.13. The Labute approximate surface area is 134 Å². The normalized spacial score (nSPS) is 14.6. The van der Waals surface area contributed by atoms with Gasteiger partial charge >= 0.3 is 0 Å². The molecule has 4 heteroatoms. The fourth-order valence-corrected chi connectivity index (χ4v) is 3.23. The molecule has 3 rings (SSSR count). The number of carbonyl (C=O) groups is 1. The van der Waals surface area contributed by atoms with E-state index in [-0.39, 0.29) is 11.9 Å². The van der Waals surface area contributed by atoms with Crippen LogP contribution in [0.15, 0.2) is 41.1 Å². The molecule has 1 amide bonds. The van der Waals surface area contributed by atoms with Gasteiger partial charge in [0.15, 0.2) is 0 Å². The van der Waals surface area contributed by atoms with Crippen molar-refractivity contribution in [3.8, 4) is 5.75 Å².